The molecule has 0 unspecified atom stereocenters. The van der Waals surface area contributed by atoms with Crippen LogP contribution in [-0.2, 0) is 0 Å². The Morgan fingerprint density at radius 3 is 2.24 bits per heavy atom. The molecule has 0 aromatic heterocycles. The minimum absolute atomic E-state index is 0.361. The van der Waals surface area contributed by atoms with E-state index in [4.69, 9.17) is 15.2 Å². The van der Waals surface area contributed by atoms with E-state index in [9.17, 15) is 13.2 Å². The molecule has 3 nitrogen and oxygen atoms in total. The number of alkyl halides is 3. The minimum Gasteiger partial charge on any atom is -0.493 e. The fourth-order valence-electron chi connectivity index (χ4n) is 1.45. The van der Waals surface area contributed by atoms with Crippen molar-refractivity contribution in [2.24, 2.45) is 5.73 Å². The van der Waals surface area contributed by atoms with Crippen LogP contribution in [0.1, 0.15) is 18.0 Å². The third-order valence-electron chi connectivity index (χ3n) is 2.29. The van der Waals surface area contributed by atoms with Crippen LogP contribution in [0.15, 0.2) is 18.2 Å². The predicted octanol–water partition coefficient (Wildman–Crippen LogP) is 2.66. The van der Waals surface area contributed by atoms with Crippen molar-refractivity contribution in [2.75, 3.05) is 14.2 Å². The Morgan fingerprint density at radius 1 is 1.18 bits per heavy atom. The van der Waals surface area contributed by atoms with E-state index in [0.717, 1.165) is 0 Å². The van der Waals surface area contributed by atoms with E-state index < -0.39 is 18.6 Å². The first-order valence-electron chi connectivity index (χ1n) is 4.91. The van der Waals surface area contributed by atoms with Crippen LogP contribution in [0.2, 0.25) is 0 Å². The van der Waals surface area contributed by atoms with E-state index >= 15 is 0 Å². The molecule has 1 aromatic carbocycles. The van der Waals surface area contributed by atoms with Gasteiger partial charge in [0.1, 0.15) is 0 Å². The first-order valence-corrected chi connectivity index (χ1v) is 4.91. The van der Waals surface area contributed by atoms with Crippen molar-refractivity contribution in [3.8, 4) is 11.5 Å². The summed E-state index contributed by atoms with van der Waals surface area (Å²) in [5.41, 5.74) is 5.84. The van der Waals surface area contributed by atoms with E-state index in [1.165, 1.54) is 32.4 Å². The molecule has 0 saturated heterocycles. The summed E-state index contributed by atoms with van der Waals surface area (Å²) in [4.78, 5) is 0. The summed E-state index contributed by atoms with van der Waals surface area (Å²) in [5.74, 6) is 0.818. The second kappa shape index (κ2) is 5.27. The van der Waals surface area contributed by atoms with Crippen LogP contribution < -0.4 is 15.2 Å². The molecule has 0 aliphatic rings. The number of methoxy groups -OCH3 is 2. The summed E-state index contributed by atoms with van der Waals surface area (Å²) in [6.45, 7) is 0. The maximum atomic E-state index is 12.2. The molecular formula is C11H14F3NO2. The lowest BCUT2D eigenvalue weighted by Crippen LogP contribution is -2.20. The van der Waals surface area contributed by atoms with Crippen molar-refractivity contribution in [1.82, 2.24) is 0 Å². The van der Waals surface area contributed by atoms with Gasteiger partial charge in [-0.3, -0.25) is 0 Å². The monoisotopic (exact) mass is 249 g/mol. The van der Waals surface area contributed by atoms with E-state index in [2.05, 4.69) is 0 Å². The SMILES string of the molecule is COc1ccc([C@H](N)CC(F)(F)F)cc1OC. The van der Waals surface area contributed by atoms with Gasteiger partial charge in [0.15, 0.2) is 11.5 Å². The number of nitrogens with two attached hydrogens (primary N) is 1. The second-order valence-electron chi connectivity index (χ2n) is 3.54. The predicted molar refractivity (Wildman–Crippen MR) is 57.1 cm³/mol. The van der Waals surface area contributed by atoms with Crippen molar-refractivity contribution in [1.29, 1.82) is 0 Å². The molecule has 6 heteroatoms. The summed E-state index contributed by atoms with van der Waals surface area (Å²) >= 11 is 0. The summed E-state index contributed by atoms with van der Waals surface area (Å²) in [6, 6.07) is 3.38. The minimum atomic E-state index is -4.29. The molecule has 0 aliphatic carbocycles. The highest BCUT2D eigenvalue weighted by atomic mass is 19.4. The lowest BCUT2D eigenvalue weighted by Gasteiger charge is -2.16. The summed E-state index contributed by atoms with van der Waals surface area (Å²) in [6.07, 6.45) is -5.35. The van der Waals surface area contributed by atoms with Gasteiger partial charge in [-0.25, -0.2) is 0 Å². The second-order valence-corrected chi connectivity index (χ2v) is 3.54. The average molecular weight is 249 g/mol. The number of ether oxygens (including phenoxy) is 2. The maximum Gasteiger partial charge on any atom is 0.390 e. The molecule has 0 amide bonds. The largest absolute Gasteiger partial charge is 0.493 e. The number of benzene rings is 1. The van der Waals surface area contributed by atoms with Crippen molar-refractivity contribution in [3.63, 3.8) is 0 Å². The fourth-order valence-corrected chi connectivity index (χ4v) is 1.45. The van der Waals surface area contributed by atoms with Crippen molar-refractivity contribution in [2.45, 2.75) is 18.6 Å². The van der Waals surface area contributed by atoms with E-state index in [-0.39, 0.29) is 0 Å². The molecule has 1 aromatic rings. The zero-order valence-electron chi connectivity index (χ0n) is 9.54. The molecule has 0 heterocycles. The van der Waals surface area contributed by atoms with E-state index in [1.807, 2.05) is 0 Å². The summed E-state index contributed by atoms with van der Waals surface area (Å²) in [7, 11) is 2.87. The van der Waals surface area contributed by atoms with Crippen LogP contribution in [0.4, 0.5) is 13.2 Å². The third-order valence-corrected chi connectivity index (χ3v) is 2.29. The fraction of sp³-hybridized carbons (Fsp3) is 0.455. The van der Waals surface area contributed by atoms with Gasteiger partial charge >= 0.3 is 6.18 Å². The van der Waals surface area contributed by atoms with Gasteiger partial charge in [0.05, 0.1) is 20.6 Å². The van der Waals surface area contributed by atoms with Crippen LogP contribution in [0.5, 0.6) is 11.5 Å². The summed E-state index contributed by atoms with van der Waals surface area (Å²) < 4.78 is 46.5. The quantitative estimate of drug-likeness (QED) is 0.892. The molecule has 0 saturated carbocycles. The number of hydrogen-bond donors (Lipinski definition) is 1. The molecule has 1 rings (SSSR count). The molecule has 1 atom stereocenters. The Bertz CT molecular complexity index is 379. The Labute approximate surface area is 97.3 Å². The van der Waals surface area contributed by atoms with Crippen LogP contribution in [-0.4, -0.2) is 20.4 Å². The van der Waals surface area contributed by atoms with Gasteiger partial charge in [0.2, 0.25) is 0 Å². The van der Waals surface area contributed by atoms with Gasteiger partial charge in [-0.05, 0) is 17.7 Å². The van der Waals surface area contributed by atoms with Gasteiger partial charge in [-0.15, -0.1) is 0 Å². The normalized spacial score (nSPS) is 13.3. The summed E-state index contributed by atoms with van der Waals surface area (Å²) in [5, 5.41) is 0. The molecule has 96 valence electrons. The standard InChI is InChI=1S/C11H14F3NO2/c1-16-9-4-3-7(5-10(9)17-2)8(15)6-11(12,13)14/h3-5,8H,6,15H2,1-2H3/t8-/m1/s1. The molecule has 17 heavy (non-hydrogen) atoms. The van der Waals surface area contributed by atoms with Gasteiger partial charge in [0, 0.05) is 6.04 Å². The molecular weight excluding hydrogens is 235 g/mol. The van der Waals surface area contributed by atoms with Crippen LogP contribution in [0.3, 0.4) is 0 Å². The number of halogens is 3. The molecule has 0 radical (unpaired) electrons. The van der Waals surface area contributed by atoms with Crippen LogP contribution in [0, 0.1) is 0 Å². The zero-order chi connectivity index (χ0) is 13.1. The van der Waals surface area contributed by atoms with Crippen LogP contribution >= 0.6 is 0 Å². The van der Waals surface area contributed by atoms with Crippen molar-refractivity contribution < 1.29 is 22.6 Å². The molecule has 0 bridgehead atoms. The highest BCUT2D eigenvalue weighted by molar-refractivity contribution is 5.43. The molecule has 2 N–H and O–H groups in total. The number of hydrogen-bond acceptors (Lipinski definition) is 3. The first kappa shape index (κ1) is 13.6. The lowest BCUT2D eigenvalue weighted by atomic mass is 10.0. The van der Waals surface area contributed by atoms with Gasteiger partial charge < -0.3 is 15.2 Å². The highest BCUT2D eigenvalue weighted by Crippen LogP contribution is 2.33. The van der Waals surface area contributed by atoms with E-state index in [1.54, 1.807) is 0 Å². The van der Waals surface area contributed by atoms with Crippen LogP contribution in [0.25, 0.3) is 0 Å². The zero-order valence-corrected chi connectivity index (χ0v) is 9.54. The number of rotatable bonds is 4. The van der Waals surface area contributed by atoms with Gasteiger partial charge in [-0.2, -0.15) is 13.2 Å². The Hall–Kier alpha value is -1.43. The molecule has 0 spiro atoms. The van der Waals surface area contributed by atoms with Crippen molar-refractivity contribution in [3.05, 3.63) is 23.8 Å². The molecule has 0 aliphatic heterocycles. The average Bonchev–Trinajstić information content (AvgIpc) is 2.25. The van der Waals surface area contributed by atoms with E-state index in [0.29, 0.717) is 17.1 Å². The lowest BCUT2D eigenvalue weighted by molar-refractivity contribution is -0.138. The Morgan fingerprint density at radius 2 is 1.76 bits per heavy atom. The highest BCUT2D eigenvalue weighted by Gasteiger charge is 2.31. The Kier molecular flexibility index (Phi) is 4.22. The topological polar surface area (TPSA) is 44.5 Å². The molecule has 0 fully saturated rings. The smallest absolute Gasteiger partial charge is 0.390 e. The maximum absolute atomic E-state index is 12.2. The third kappa shape index (κ3) is 3.81. The van der Waals surface area contributed by atoms with Crippen molar-refractivity contribution >= 4 is 0 Å². The Balaban J connectivity index is 2.92. The van der Waals surface area contributed by atoms with Gasteiger partial charge in [-0.1, -0.05) is 6.07 Å². The van der Waals surface area contributed by atoms with Gasteiger partial charge in [0.25, 0.3) is 0 Å². The first-order chi connectivity index (χ1) is 7.87.